The van der Waals surface area contributed by atoms with Crippen molar-refractivity contribution in [1.82, 2.24) is 8.96 Å². The third-order valence-electron chi connectivity index (χ3n) is 4.83. The summed E-state index contributed by atoms with van der Waals surface area (Å²) in [6, 6.07) is 14.4. The molecular formula is C24H17F4N2O3S. The number of hydrogen-bond acceptors (Lipinski definition) is 4. The van der Waals surface area contributed by atoms with Crippen molar-refractivity contribution in [1.29, 1.82) is 0 Å². The minimum atomic E-state index is -4.51. The summed E-state index contributed by atoms with van der Waals surface area (Å²) in [7, 11) is -4.17. The molecule has 34 heavy (non-hydrogen) atoms. The second-order valence-electron chi connectivity index (χ2n) is 7.36. The van der Waals surface area contributed by atoms with E-state index in [1.54, 1.807) is 12.1 Å². The zero-order valence-electron chi connectivity index (χ0n) is 17.5. The number of rotatable bonds is 6. The molecular weight excluding hydrogens is 472 g/mol. The largest absolute Gasteiger partial charge is 0.482 e. The molecule has 0 bridgehead atoms. The maximum absolute atomic E-state index is 14.4. The van der Waals surface area contributed by atoms with Gasteiger partial charge in [-0.1, -0.05) is 24.3 Å². The van der Waals surface area contributed by atoms with Crippen LogP contribution < -0.4 is 4.74 Å². The van der Waals surface area contributed by atoms with Crippen LogP contribution in [0.1, 0.15) is 5.56 Å². The van der Waals surface area contributed by atoms with Gasteiger partial charge in [-0.25, -0.2) is 16.8 Å². The van der Waals surface area contributed by atoms with Crippen molar-refractivity contribution >= 4 is 10.0 Å². The Morgan fingerprint density at radius 1 is 0.971 bits per heavy atom. The zero-order valence-corrected chi connectivity index (χ0v) is 18.3. The third-order valence-corrected chi connectivity index (χ3v) is 6.50. The maximum atomic E-state index is 14.4. The number of nitrogens with zero attached hydrogens (tertiary/aromatic N) is 2. The van der Waals surface area contributed by atoms with Crippen LogP contribution in [0.15, 0.2) is 84.1 Å². The lowest BCUT2D eigenvalue weighted by Crippen LogP contribution is -2.19. The topological polar surface area (TPSA) is 61.2 Å². The average molecular weight is 489 g/mol. The number of alkyl halides is 3. The fourth-order valence-electron chi connectivity index (χ4n) is 3.33. The van der Waals surface area contributed by atoms with Crippen LogP contribution in [0.4, 0.5) is 17.6 Å². The van der Waals surface area contributed by atoms with Crippen molar-refractivity contribution in [2.45, 2.75) is 11.1 Å². The highest BCUT2D eigenvalue weighted by atomic mass is 32.2. The Balaban J connectivity index is 1.73. The second kappa shape index (κ2) is 8.94. The first-order valence-electron chi connectivity index (χ1n) is 9.84. The number of pyridine rings is 1. The highest BCUT2D eigenvalue weighted by Gasteiger charge is 2.28. The molecule has 0 N–H and O–H groups in total. The molecule has 2 heterocycles. The van der Waals surface area contributed by atoms with E-state index < -0.39 is 28.6 Å². The van der Waals surface area contributed by atoms with Gasteiger partial charge in [0.05, 0.1) is 16.8 Å². The van der Waals surface area contributed by atoms with E-state index in [1.165, 1.54) is 60.9 Å². The molecule has 2 aromatic carbocycles. The summed E-state index contributed by atoms with van der Waals surface area (Å²) in [6.45, 7) is 2.28. The molecule has 0 unspecified atom stereocenters. The number of halogens is 4. The summed E-state index contributed by atoms with van der Waals surface area (Å²) in [5, 5.41) is 0. The van der Waals surface area contributed by atoms with Crippen LogP contribution in [0.2, 0.25) is 0 Å². The minimum Gasteiger partial charge on any atom is -0.482 e. The lowest BCUT2D eigenvalue weighted by atomic mass is 10.1. The van der Waals surface area contributed by atoms with E-state index in [0.29, 0.717) is 16.7 Å². The van der Waals surface area contributed by atoms with Gasteiger partial charge in [0.25, 0.3) is 10.0 Å². The summed E-state index contributed by atoms with van der Waals surface area (Å²) >= 11 is 0. The van der Waals surface area contributed by atoms with E-state index in [-0.39, 0.29) is 21.9 Å². The summed E-state index contributed by atoms with van der Waals surface area (Å²) in [5.74, 6) is -0.704. The monoisotopic (exact) mass is 489 g/mol. The molecule has 0 aliphatic rings. The molecule has 0 saturated heterocycles. The SMILES string of the molecule is [CH2]c1cc(-c2ccccc2F)n(S(=O)(=O)c2cccc(-c3cncc(OCC(F)(F)F)c3)c2)c1. The van der Waals surface area contributed by atoms with Gasteiger partial charge in [-0.15, -0.1) is 0 Å². The highest BCUT2D eigenvalue weighted by molar-refractivity contribution is 7.90. The first kappa shape index (κ1) is 23.5. The molecule has 175 valence electrons. The second-order valence-corrected chi connectivity index (χ2v) is 9.17. The van der Waals surface area contributed by atoms with E-state index in [0.717, 1.165) is 10.2 Å². The molecule has 2 aromatic heterocycles. The summed E-state index contributed by atoms with van der Waals surface area (Å²) in [5.41, 5.74) is 1.32. The Labute approximate surface area is 193 Å². The molecule has 0 atom stereocenters. The molecule has 4 aromatic rings. The molecule has 5 nitrogen and oxygen atoms in total. The highest BCUT2D eigenvalue weighted by Crippen LogP contribution is 2.31. The smallest absolute Gasteiger partial charge is 0.422 e. The van der Waals surface area contributed by atoms with E-state index in [1.807, 2.05) is 0 Å². The molecule has 0 aliphatic heterocycles. The van der Waals surface area contributed by atoms with Crippen LogP contribution in [0, 0.1) is 12.7 Å². The van der Waals surface area contributed by atoms with Crippen molar-refractivity contribution in [2.75, 3.05) is 6.61 Å². The van der Waals surface area contributed by atoms with Gasteiger partial charge in [-0.3, -0.25) is 4.98 Å². The standard InChI is InChI=1S/C24H17F4N2O3S/c1-16-9-23(21-7-2-3-8-22(21)25)30(14-16)34(31,32)20-6-4-5-17(11-20)18-10-19(13-29-12-18)33-15-24(26,27)28/h2-14H,1,15H2. The van der Waals surface area contributed by atoms with Gasteiger partial charge in [0.2, 0.25) is 0 Å². The molecule has 0 amide bonds. The molecule has 0 spiro atoms. The molecule has 0 aliphatic carbocycles. The quantitative estimate of drug-likeness (QED) is 0.325. The molecule has 4 rings (SSSR count). The fraction of sp³-hybridized carbons (Fsp3) is 0.0833. The first-order chi connectivity index (χ1) is 16.0. The normalized spacial score (nSPS) is 12.0. The Kier molecular flexibility index (Phi) is 6.18. The zero-order chi connectivity index (χ0) is 24.5. The summed E-state index contributed by atoms with van der Waals surface area (Å²) < 4.78 is 84.4. The number of aromatic nitrogens is 2. The molecule has 0 fully saturated rings. The number of hydrogen-bond donors (Lipinski definition) is 0. The maximum Gasteiger partial charge on any atom is 0.422 e. The molecule has 0 saturated carbocycles. The Morgan fingerprint density at radius 2 is 1.74 bits per heavy atom. The Hall–Kier alpha value is -3.66. The number of benzene rings is 2. The summed E-state index contributed by atoms with van der Waals surface area (Å²) in [4.78, 5) is 3.77. The van der Waals surface area contributed by atoms with E-state index in [2.05, 4.69) is 11.9 Å². The van der Waals surface area contributed by atoms with Crippen molar-refractivity contribution in [2.24, 2.45) is 0 Å². The van der Waals surface area contributed by atoms with Crippen molar-refractivity contribution in [3.05, 3.63) is 97.6 Å². The average Bonchev–Trinajstić information content (AvgIpc) is 3.20. The fourth-order valence-corrected chi connectivity index (χ4v) is 4.77. The first-order valence-corrected chi connectivity index (χ1v) is 11.3. The molecule has 1 radical (unpaired) electrons. The predicted molar refractivity (Wildman–Crippen MR) is 118 cm³/mol. The van der Waals surface area contributed by atoms with E-state index in [9.17, 15) is 26.0 Å². The molecule has 10 heteroatoms. The van der Waals surface area contributed by atoms with Gasteiger partial charge in [-0.05, 0) is 54.4 Å². The van der Waals surface area contributed by atoms with E-state index >= 15 is 0 Å². The van der Waals surface area contributed by atoms with E-state index in [4.69, 9.17) is 4.74 Å². The van der Waals surface area contributed by atoms with Crippen LogP contribution in [0.5, 0.6) is 5.75 Å². The van der Waals surface area contributed by atoms with Gasteiger partial charge < -0.3 is 4.74 Å². The third kappa shape index (κ3) is 4.96. The van der Waals surface area contributed by atoms with Gasteiger partial charge in [0.15, 0.2) is 6.61 Å². The number of ether oxygens (including phenoxy) is 1. The lowest BCUT2D eigenvalue weighted by Gasteiger charge is -2.13. The Morgan fingerprint density at radius 3 is 2.47 bits per heavy atom. The van der Waals surface area contributed by atoms with Crippen molar-refractivity contribution < 1.29 is 30.7 Å². The van der Waals surface area contributed by atoms with Gasteiger partial charge in [-0.2, -0.15) is 13.2 Å². The van der Waals surface area contributed by atoms with Gasteiger partial charge in [0.1, 0.15) is 11.6 Å². The Bertz CT molecular complexity index is 1450. The van der Waals surface area contributed by atoms with Crippen LogP contribution in [-0.2, 0) is 10.0 Å². The van der Waals surface area contributed by atoms with Crippen molar-refractivity contribution in [3.63, 3.8) is 0 Å². The minimum absolute atomic E-state index is 0.0934. The summed E-state index contributed by atoms with van der Waals surface area (Å²) in [6.07, 6.45) is -0.715. The predicted octanol–water partition coefficient (Wildman–Crippen LogP) is 5.72. The van der Waals surface area contributed by atoms with Gasteiger partial charge in [0, 0.05) is 23.5 Å². The van der Waals surface area contributed by atoms with Crippen LogP contribution in [0.3, 0.4) is 0 Å². The van der Waals surface area contributed by atoms with Crippen molar-refractivity contribution in [3.8, 4) is 28.1 Å². The van der Waals surface area contributed by atoms with Crippen LogP contribution >= 0.6 is 0 Å². The van der Waals surface area contributed by atoms with Crippen LogP contribution in [-0.4, -0.2) is 30.2 Å². The lowest BCUT2D eigenvalue weighted by molar-refractivity contribution is -0.153. The van der Waals surface area contributed by atoms with Crippen LogP contribution in [0.25, 0.3) is 22.4 Å². The van der Waals surface area contributed by atoms with Gasteiger partial charge >= 0.3 is 6.18 Å².